The first kappa shape index (κ1) is 24.3. The van der Waals surface area contributed by atoms with Crippen LogP contribution >= 0.6 is 0 Å². The highest BCUT2D eigenvalue weighted by Crippen LogP contribution is 2.29. The van der Waals surface area contributed by atoms with Gasteiger partial charge in [-0.1, -0.05) is 38.7 Å². The molecule has 1 unspecified atom stereocenters. The second-order valence-corrected chi connectivity index (χ2v) is 9.15. The van der Waals surface area contributed by atoms with E-state index in [1.807, 2.05) is 12.1 Å². The standard InChI is InChI=1S/C25H43N3O3/c1-3-27-13-15-28(16-14-27)19-23(29)20-31-24-11-10-22(17-25(24)30-2)18-26-12-6-9-21-7-4-5-8-21/h10-11,17,21,23,26,29H,3-9,12-16,18-20H2,1-2H3. The van der Waals surface area contributed by atoms with Crippen molar-refractivity contribution in [3.63, 3.8) is 0 Å². The van der Waals surface area contributed by atoms with E-state index < -0.39 is 6.10 Å². The number of methoxy groups -OCH3 is 1. The zero-order valence-corrected chi connectivity index (χ0v) is 19.7. The number of nitrogens with one attached hydrogen (secondary N) is 1. The molecule has 1 aromatic rings. The monoisotopic (exact) mass is 433 g/mol. The van der Waals surface area contributed by atoms with Crippen LogP contribution in [-0.4, -0.2) is 80.5 Å². The summed E-state index contributed by atoms with van der Waals surface area (Å²) in [6.07, 6.45) is 7.84. The lowest BCUT2D eigenvalue weighted by molar-refractivity contribution is 0.0464. The summed E-state index contributed by atoms with van der Waals surface area (Å²) in [5, 5.41) is 14.0. The SMILES string of the molecule is CCN1CCN(CC(O)COc2ccc(CNCCCC3CCCC3)cc2OC)CC1. The second kappa shape index (κ2) is 13.3. The van der Waals surface area contributed by atoms with Gasteiger partial charge in [-0.05, 0) is 49.5 Å². The van der Waals surface area contributed by atoms with Crippen LogP contribution in [0.3, 0.4) is 0 Å². The first-order valence-electron chi connectivity index (χ1n) is 12.3. The van der Waals surface area contributed by atoms with Crippen LogP contribution in [-0.2, 0) is 6.54 Å². The molecule has 1 aliphatic carbocycles. The van der Waals surface area contributed by atoms with Crippen LogP contribution in [0.15, 0.2) is 18.2 Å². The van der Waals surface area contributed by atoms with E-state index in [0.29, 0.717) is 12.3 Å². The number of benzene rings is 1. The molecular weight excluding hydrogens is 390 g/mol. The van der Waals surface area contributed by atoms with Gasteiger partial charge in [-0.15, -0.1) is 0 Å². The average Bonchev–Trinajstić information content (AvgIpc) is 3.32. The van der Waals surface area contributed by atoms with Crippen molar-refractivity contribution in [3.05, 3.63) is 23.8 Å². The number of likely N-dealkylation sites (N-methyl/N-ethyl adjacent to an activating group) is 1. The predicted molar refractivity (Wildman–Crippen MR) is 126 cm³/mol. The molecule has 1 aromatic carbocycles. The quantitative estimate of drug-likeness (QED) is 0.466. The van der Waals surface area contributed by atoms with E-state index >= 15 is 0 Å². The second-order valence-electron chi connectivity index (χ2n) is 9.15. The van der Waals surface area contributed by atoms with Gasteiger partial charge >= 0.3 is 0 Å². The van der Waals surface area contributed by atoms with E-state index in [0.717, 1.165) is 57.5 Å². The molecule has 2 N–H and O–H groups in total. The Morgan fingerprint density at radius 3 is 2.55 bits per heavy atom. The van der Waals surface area contributed by atoms with E-state index in [9.17, 15) is 5.11 Å². The first-order valence-corrected chi connectivity index (χ1v) is 12.3. The third-order valence-electron chi connectivity index (χ3n) is 6.81. The molecule has 2 fully saturated rings. The van der Waals surface area contributed by atoms with Gasteiger partial charge in [0, 0.05) is 39.3 Å². The number of rotatable bonds is 13. The molecule has 3 rings (SSSR count). The lowest BCUT2D eigenvalue weighted by atomic mass is 10.0. The number of aliphatic hydroxyl groups is 1. The molecule has 1 atom stereocenters. The Morgan fingerprint density at radius 1 is 1.10 bits per heavy atom. The Morgan fingerprint density at radius 2 is 1.84 bits per heavy atom. The van der Waals surface area contributed by atoms with Crippen LogP contribution in [0.25, 0.3) is 0 Å². The first-order chi connectivity index (χ1) is 15.2. The van der Waals surface area contributed by atoms with Gasteiger partial charge in [0.25, 0.3) is 0 Å². The largest absolute Gasteiger partial charge is 0.493 e. The lowest BCUT2D eigenvalue weighted by Gasteiger charge is -2.34. The van der Waals surface area contributed by atoms with Crippen LogP contribution in [0.1, 0.15) is 51.0 Å². The highest BCUT2D eigenvalue weighted by molar-refractivity contribution is 5.43. The Balaban J connectivity index is 1.35. The summed E-state index contributed by atoms with van der Waals surface area (Å²) in [5.74, 6) is 2.39. The van der Waals surface area contributed by atoms with E-state index in [1.54, 1.807) is 7.11 Å². The molecule has 1 saturated carbocycles. The minimum atomic E-state index is -0.501. The fourth-order valence-electron chi connectivity index (χ4n) is 4.81. The third kappa shape index (κ3) is 8.26. The number of ether oxygens (including phenoxy) is 2. The molecule has 1 heterocycles. The van der Waals surface area contributed by atoms with Crippen molar-refractivity contribution in [1.82, 2.24) is 15.1 Å². The van der Waals surface area contributed by atoms with Gasteiger partial charge in [0.15, 0.2) is 11.5 Å². The van der Waals surface area contributed by atoms with Gasteiger partial charge in [-0.2, -0.15) is 0 Å². The van der Waals surface area contributed by atoms with E-state index in [1.165, 1.54) is 44.1 Å². The summed E-state index contributed by atoms with van der Waals surface area (Å²) in [6.45, 7) is 10.3. The van der Waals surface area contributed by atoms with Crippen LogP contribution in [0.2, 0.25) is 0 Å². The molecule has 1 aliphatic heterocycles. The van der Waals surface area contributed by atoms with Crippen molar-refractivity contribution in [2.45, 2.75) is 58.1 Å². The molecular formula is C25H43N3O3. The highest BCUT2D eigenvalue weighted by atomic mass is 16.5. The Hall–Kier alpha value is -1.34. The van der Waals surface area contributed by atoms with Gasteiger partial charge in [0.1, 0.15) is 12.7 Å². The molecule has 0 radical (unpaired) electrons. The fourth-order valence-corrected chi connectivity index (χ4v) is 4.81. The zero-order chi connectivity index (χ0) is 21.9. The van der Waals surface area contributed by atoms with Crippen LogP contribution in [0.5, 0.6) is 11.5 Å². The van der Waals surface area contributed by atoms with Crippen molar-refractivity contribution < 1.29 is 14.6 Å². The maximum Gasteiger partial charge on any atom is 0.161 e. The smallest absolute Gasteiger partial charge is 0.161 e. The van der Waals surface area contributed by atoms with Crippen LogP contribution in [0, 0.1) is 5.92 Å². The summed E-state index contributed by atoms with van der Waals surface area (Å²) < 4.78 is 11.4. The molecule has 176 valence electrons. The molecule has 0 aromatic heterocycles. The van der Waals surface area contributed by atoms with E-state index in [-0.39, 0.29) is 6.61 Å². The molecule has 0 bridgehead atoms. The van der Waals surface area contributed by atoms with Gasteiger partial charge in [-0.25, -0.2) is 0 Å². The molecule has 6 nitrogen and oxygen atoms in total. The van der Waals surface area contributed by atoms with Gasteiger partial charge in [-0.3, -0.25) is 4.90 Å². The highest BCUT2D eigenvalue weighted by Gasteiger charge is 2.19. The molecule has 31 heavy (non-hydrogen) atoms. The van der Waals surface area contributed by atoms with Crippen molar-refractivity contribution in [3.8, 4) is 11.5 Å². The minimum absolute atomic E-state index is 0.281. The fraction of sp³-hybridized carbons (Fsp3) is 0.760. The van der Waals surface area contributed by atoms with Crippen molar-refractivity contribution in [2.75, 3.05) is 59.5 Å². The summed E-state index contributed by atoms with van der Waals surface area (Å²) in [5.41, 5.74) is 1.19. The lowest BCUT2D eigenvalue weighted by Crippen LogP contribution is -2.49. The molecule has 2 aliphatic rings. The Bertz CT molecular complexity index is 628. The van der Waals surface area contributed by atoms with Gasteiger partial charge in [0.2, 0.25) is 0 Å². The normalized spacial score (nSPS) is 19.6. The Labute approximate surface area is 188 Å². The molecule has 6 heteroatoms. The summed E-state index contributed by atoms with van der Waals surface area (Å²) in [4.78, 5) is 4.76. The van der Waals surface area contributed by atoms with Crippen molar-refractivity contribution >= 4 is 0 Å². The van der Waals surface area contributed by atoms with Crippen molar-refractivity contribution in [1.29, 1.82) is 0 Å². The Kier molecular flexibility index (Phi) is 10.4. The van der Waals surface area contributed by atoms with Gasteiger partial charge < -0.3 is 24.8 Å². The number of aliphatic hydroxyl groups excluding tert-OH is 1. The number of nitrogens with zero attached hydrogens (tertiary/aromatic N) is 2. The number of piperazine rings is 1. The van der Waals surface area contributed by atoms with Crippen LogP contribution in [0.4, 0.5) is 0 Å². The van der Waals surface area contributed by atoms with Crippen LogP contribution < -0.4 is 14.8 Å². The number of hydrogen-bond acceptors (Lipinski definition) is 6. The number of hydrogen-bond donors (Lipinski definition) is 2. The molecule has 1 saturated heterocycles. The average molecular weight is 434 g/mol. The van der Waals surface area contributed by atoms with Gasteiger partial charge in [0.05, 0.1) is 7.11 Å². The molecule has 0 amide bonds. The number of β-amino-alcohol motifs (C(OH)–C–C–N with tert-alkyl or cyclic N) is 1. The minimum Gasteiger partial charge on any atom is -0.493 e. The zero-order valence-electron chi connectivity index (χ0n) is 19.7. The van der Waals surface area contributed by atoms with E-state index in [4.69, 9.17) is 9.47 Å². The summed E-state index contributed by atoms with van der Waals surface area (Å²) >= 11 is 0. The molecule has 0 spiro atoms. The summed E-state index contributed by atoms with van der Waals surface area (Å²) in [6, 6.07) is 6.08. The third-order valence-corrected chi connectivity index (χ3v) is 6.81. The summed E-state index contributed by atoms with van der Waals surface area (Å²) in [7, 11) is 1.67. The van der Waals surface area contributed by atoms with E-state index in [2.05, 4.69) is 28.1 Å². The van der Waals surface area contributed by atoms with Crippen molar-refractivity contribution in [2.24, 2.45) is 5.92 Å². The predicted octanol–water partition coefficient (Wildman–Crippen LogP) is 3.13. The maximum atomic E-state index is 10.4. The topological polar surface area (TPSA) is 57.2 Å². The maximum absolute atomic E-state index is 10.4.